The van der Waals surface area contributed by atoms with Crippen LogP contribution in [-0.2, 0) is 37.2 Å². The molecule has 0 unspecified atom stereocenters. The number of sulfone groups is 1. The summed E-state index contributed by atoms with van der Waals surface area (Å²) in [6.07, 6.45) is 6.95. The molecule has 2 atom stereocenters. The van der Waals surface area contributed by atoms with Crippen LogP contribution in [0.4, 0.5) is 4.79 Å². The second-order valence-electron chi connectivity index (χ2n) is 15.8. The van der Waals surface area contributed by atoms with Crippen molar-refractivity contribution in [2.75, 3.05) is 45.4 Å². The summed E-state index contributed by atoms with van der Waals surface area (Å²) in [6, 6.07) is 24.7. The fourth-order valence-electron chi connectivity index (χ4n) is 7.48. The van der Waals surface area contributed by atoms with Gasteiger partial charge in [-0.25, -0.2) is 13.2 Å². The lowest BCUT2D eigenvalue weighted by atomic mass is 9.79. The van der Waals surface area contributed by atoms with Crippen molar-refractivity contribution in [2.45, 2.75) is 83.5 Å². The number of amides is 2. The van der Waals surface area contributed by atoms with E-state index in [1.807, 2.05) is 51.1 Å². The van der Waals surface area contributed by atoms with Crippen LogP contribution in [0.15, 0.2) is 79.0 Å². The molecule has 54 heavy (non-hydrogen) atoms. The highest BCUT2D eigenvalue weighted by Crippen LogP contribution is 2.40. The van der Waals surface area contributed by atoms with Gasteiger partial charge >= 0.3 is 6.09 Å². The number of ether oxygens (including phenoxy) is 3. The van der Waals surface area contributed by atoms with Gasteiger partial charge in [-0.2, -0.15) is 0 Å². The van der Waals surface area contributed by atoms with Crippen molar-refractivity contribution in [1.29, 1.82) is 0 Å². The molecule has 2 fully saturated rings. The predicted octanol–water partition coefficient (Wildman–Crippen LogP) is 7.69. The molecular weight excluding hydrogens is 703 g/mol. The van der Waals surface area contributed by atoms with Crippen molar-refractivity contribution in [1.82, 2.24) is 14.4 Å². The average molecular weight is 758 g/mol. The Hall–Kier alpha value is -4.35. The maximum Gasteiger partial charge on any atom is 0.410 e. The average Bonchev–Trinajstić information content (AvgIpc) is 3.93. The fourth-order valence-corrected chi connectivity index (χ4v) is 8.12. The Labute approximate surface area is 320 Å². The van der Waals surface area contributed by atoms with E-state index < -0.39 is 21.4 Å². The summed E-state index contributed by atoms with van der Waals surface area (Å²) in [5.41, 5.74) is 4.75. The molecule has 1 aliphatic carbocycles. The number of piperidine rings is 1. The number of hydrogen-bond donors (Lipinski definition) is 0. The predicted molar refractivity (Wildman–Crippen MR) is 212 cm³/mol. The first-order chi connectivity index (χ1) is 25.8. The van der Waals surface area contributed by atoms with Gasteiger partial charge in [-0.05, 0) is 99.2 Å². The van der Waals surface area contributed by atoms with Gasteiger partial charge in [0.05, 0.1) is 18.3 Å². The van der Waals surface area contributed by atoms with E-state index in [9.17, 15) is 13.2 Å². The Morgan fingerprint density at radius 1 is 0.907 bits per heavy atom. The molecule has 1 aromatic heterocycles. The van der Waals surface area contributed by atoms with E-state index in [4.69, 9.17) is 14.2 Å². The molecule has 0 N–H and O–H groups in total. The minimum absolute atomic E-state index is 0.0785. The molecule has 1 saturated carbocycles. The molecule has 2 amide bonds. The van der Waals surface area contributed by atoms with Gasteiger partial charge in [0.25, 0.3) is 0 Å². The van der Waals surface area contributed by atoms with Crippen molar-refractivity contribution in [3.05, 3.63) is 90.1 Å². The van der Waals surface area contributed by atoms with Gasteiger partial charge in [0.1, 0.15) is 21.2 Å². The molecule has 1 saturated heterocycles. The first-order valence-corrected chi connectivity index (χ1v) is 21.2. The van der Waals surface area contributed by atoms with Crippen LogP contribution in [0.2, 0.25) is 0 Å². The molecule has 4 aromatic rings. The number of methoxy groups -OCH3 is 1. The third-order valence-electron chi connectivity index (χ3n) is 10.2. The van der Waals surface area contributed by atoms with Crippen molar-refractivity contribution >= 4 is 32.7 Å². The van der Waals surface area contributed by atoms with Crippen molar-refractivity contribution in [3.8, 4) is 16.9 Å². The number of aryl methyl sites for hydroxylation is 1. The molecule has 10 nitrogen and oxygen atoms in total. The normalized spacial score (nSPS) is 17.8. The molecule has 3 aromatic carbocycles. The van der Waals surface area contributed by atoms with E-state index in [-0.39, 0.29) is 36.3 Å². The number of carbonyl (C=O) groups is 2. The van der Waals surface area contributed by atoms with Crippen LogP contribution in [0.3, 0.4) is 0 Å². The third kappa shape index (κ3) is 10.2. The number of para-hydroxylation sites is 1. The molecule has 0 spiro atoms. The summed E-state index contributed by atoms with van der Waals surface area (Å²) in [7, 11) is -1.30. The summed E-state index contributed by atoms with van der Waals surface area (Å²) in [4.78, 5) is 32.2. The highest BCUT2D eigenvalue weighted by Gasteiger charge is 2.43. The zero-order chi connectivity index (χ0) is 38.5. The first-order valence-electron chi connectivity index (χ1n) is 19.1. The minimum atomic E-state index is -3.02. The Kier molecular flexibility index (Phi) is 12.4. The first kappa shape index (κ1) is 39.3. The number of rotatable bonds is 15. The van der Waals surface area contributed by atoms with Crippen LogP contribution in [0, 0.1) is 5.92 Å². The Bertz CT molecular complexity index is 2010. The van der Waals surface area contributed by atoms with Gasteiger partial charge in [-0.1, -0.05) is 54.6 Å². The number of carbonyl (C=O) groups excluding carboxylic acids is 2. The largest absolute Gasteiger partial charge is 0.494 e. The fraction of sp³-hybridized carbons (Fsp3) is 0.488. The third-order valence-corrected chi connectivity index (χ3v) is 11.3. The quantitative estimate of drug-likeness (QED) is 0.115. The summed E-state index contributed by atoms with van der Waals surface area (Å²) < 4.78 is 42.1. The number of aromatic nitrogens is 1. The van der Waals surface area contributed by atoms with Gasteiger partial charge in [0, 0.05) is 69.3 Å². The highest BCUT2D eigenvalue weighted by atomic mass is 32.2. The van der Waals surface area contributed by atoms with Crippen LogP contribution in [0.5, 0.6) is 5.75 Å². The second-order valence-corrected chi connectivity index (χ2v) is 18.1. The molecule has 6 rings (SSSR count). The van der Waals surface area contributed by atoms with E-state index in [0.717, 1.165) is 59.0 Å². The molecular formula is C43H55N3O7S. The van der Waals surface area contributed by atoms with Crippen molar-refractivity contribution in [3.63, 3.8) is 0 Å². The number of fused-ring (bicyclic) bond motifs is 1. The molecule has 290 valence electrons. The van der Waals surface area contributed by atoms with Gasteiger partial charge in [-0.15, -0.1) is 0 Å². The molecule has 1 aliphatic heterocycles. The monoisotopic (exact) mass is 757 g/mol. The summed E-state index contributed by atoms with van der Waals surface area (Å²) >= 11 is 0. The van der Waals surface area contributed by atoms with Crippen LogP contribution in [0.1, 0.15) is 69.9 Å². The minimum Gasteiger partial charge on any atom is -0.494 e. The highest BCUT2D eigenvalue weighted by molar-refractivity contribution is 7.90. The summed E-state index contributed by atoms with van der Waals surface area (Å²) in [6.45, 7) is 8.74. The number of benzene rings is 3. The van der Waals surface area contributed by atoms with Crippen molar-refractivity contribution in [2.24, 2.45) is 5.92 Å². The van der Waals surface area contributed by atoms with Crippen LogP contribution in [-0.4, -0.2) is 91.8 Å². The zero-order valence-corrected chi connectivity index (χ0v) is 33.1. The lowest BCUT2D eigenvalue weighted by molar-refractivity contribution is -0.139. The van der Waals surface area contributed by atoms with Gasteiger partial charge in [0.2, 0.25) is 5.91 Å². The molecule has 2 heterocycles. The van der Waals surface area contributed by atoms with Gasteiger partial charge in [0.15, 0.2) is 0 Å². The SMILES string of the molecule is COCCCn1cc(CN(C(=O)[C@H]2CN(C(=O)OC(C)(C)C)CC[C@@H]2c2cccc(-c3ccc(OCCCS(C)(=O)=O)cc3)c2)C2CC2)c2ccccc21. The maximum absolute atomic E-state index is 15.0. The van der Waals surface area contributed by atoms with E-state index in [1.165, 1.54) is 6.26 Å². The van der Waals surface area contributed by atoms with Crippen LogP contribution in [0.25, 0.3) is 22.0 Å². The van der Waals surface area contributed by atoms with Crippen molar-refractivity contribution < 1.29 is 32.2 Å². The van der Waals surface area contributed by atoms with E-state index in [2.05, 4.69) is 58.1 Å². The Balaban J connectivity index is 1.26. The topological polar surface area (TPSA) is 107 Å². The van der Waals surface area contributed by atoms with Crippen LogP contribution >= 0.6 is 0 Å². The van der Waals surface area contributed by atoms with E-state index in [1.54, 1.807) is 12.0 Å². The zero-order valence-electron chi connectivity index (χ0n) is 32.3. The summed E-state index contributed by atoms with van der Waals surface area (Å²) in [5.74, 6) is 0.317. The Morgan fingerprint density at radius 2 is 1.67 bits per heavy atom. The molecule has 2 aliphatic rings. The molecule has 0 radical (unpaired) electrons. The molecule has 11 heteroatoms. The van der Waals surface area contributed by atoms with Crippen LogP contribution < -0.4 is 4.74 Å². The number of nitrogens with zero attached hydrogens (tertiary/aromatic N) is 3. The van der Waals surface area contributed by atoms with E-state index in [0.29, 0.717) is 44.9 Å². The van der Waals surface area contributed by atoms with Gasteiger partial charge < -0.3 is 28.6 Å². The smallest absolute Gasteiger partial charge is 0.410 e. The standard InChI is InChI=1S/C43H55N3O7S/c1-43(2,3)53-42(48)45-23-21-37(33-12-8-11-32(27-33)31-15-19-36(20-16-31)52-25-10-26-54(5,49)50)39(30-45)41(47)46(35-17-18-35)29-34-28-44(22-9-24-51-4)40-14-7-6-13-38(34)40/h6-8,11-16,19-20,27-28,35,37,39H,9-10,17-18,21-26,29-30H2,1-5H3/t37-,39+/m1/s1. The lowest BCUT2D eigenvalue weighted by Gasteiger charge is -2.40. The van der Waals surface area contributed by atoms with E-state index >= 15 is 4.79 Å². The maximum atomic E-state index is 15.0. The Morgan fingerprint density at radius 3 is 2.37 bits per heavy atom. The van der Waals surface area contributed by atoms with Gasteiger partial charge in [-0.3, -0.25) is 4.79 Å². The number of hydrogen-bond acceptors (Lipinski definition) is 7. The molecule has 0 bridgehead atoms. The number of likely N-dealkylation sites (tertiary alicyclic amines) is 1. The second kappa shape index (κ2) is 17.0. The lowest BCUT2D eigenvalue weighted by Crippen LogP contribution is -2.51. The summed E-state index contributed by atoms with van der Waals surface area (Å²) in [5, 5.41) is 1.15.